The van der Waals surface area contributed by atoms with Crippen LogP contribution in [-0.4, -0.2) is 53.4 Å². The first-order valence-electron chi connectivity index (χ1n) is 7.46. The number of H-pyrrole nitrogens is 1. The van der Waals surface area contributed by atoms with Crippen LogP contribution in [0, 0.1) is 0 Å². The van der Waals surface area contributed by atoms with Crippen molar-refractivity contribution in [1.29, 1.82) is 0 Å². The zero-order chi connectivity index (χ0) is 17.5. The predicted octanol–water partition coefficient (Wildman–Crippen LogP) is -0.665. The summed E-state index contributed by atoms with van der Waals surface area (Å²) in [6.07, 6.45) is 0.369. The number of carbonyl (C=O) groups is 1. The molecule has 0 bridgehead atoms. The lowest BCUT2D eigenvalue weighted by Crippen LogP contribution is -2.44. The highest BCUT2D eigenvalue weighted by molar-refractivity contribution is 7.91. The molecule has 1 fully saturated rings. The topological polar surface area (TPSA) is 109 Å². The van der Waals surface area contributed by atoms with Gasteiger partial charge in [0, 0.05) is 13.1 Å². The zero-order valence-electron chi connectivity index (χ0n) is 13.1. The highest BCUT2D eigenvalue weighted by atomic mass is 32.2. The third-order valence-corrected chi connectivity index (χ3v) is 6.08. The van der Waals surface area contributed by atoms with Gasteiger partial charge < -0.3 is 9.88 Å². The maximum atomic E-state index is 12.4. The number of para-hydroxylation sites is 1. The second kappa shape index (κ2) is 5.90. The summed E-state index contributed by atoms with van der Waals surface area (Å²) in [4.78, 5) is 40.7. The van der Waals surface area contributed by atoms with E-state index < -0.39 is 39.6 Å². The Labute approximate surface area is 137 Å². The molecule has 2 aromatic rings. The molecule has 3 rings (SSSR count). The van der Waals surface area contributed by atoms with E-state index in [0.29, 0.717) is 17.3 Å². The molecule has 128 valence electrons. The van der Waals surface area contributed by atoms with Gasteiger partial charge in [0.1, 0.15) is 6.54 Å². The standard InChI is InChI=1S/C15H17N3O5S/c1-17(10-6-7-24(22,23)9-10)13(19)8-18-14(20)11-4-2-3-5-12(11)16-15(18)21/h2-5,10H,6-9H2,1H3,(H,16,21)/t10-/m0/s1. The van der Waals surface area contributed by atoms with Gasteiger partial charge in [-0.3, -0.25) is 14.2 Å². The van der Waals surface area contributed by atoms with Crippen LogP contribution in [0.5, 0.6) is 0 Å². The van der Waals surface area contributed by atoms with Crippen molar-refractivity contribution < 1.29 is 13.2 Å². The van der Waals surface area contributed by atoms with Crippen LogP contribution < -0.4 is 11.2 Å². The van der Waals surface area contributed by atoms with Crippen molar-refractivity contribution in [3.8, 4) is 0 Å². The van der Waals surface area contributed by atoms with E-state index in [9.17, 15) is 22.8 Å². The van der Waals surface area contributed by atoms with Crippen molar-refractivity contribution >= 4 is 26.6 Å². The van der Waals surface area contributed by atoms with E-state index in [1.165, 1.54) is 11.9 Å². The number of hydrogen-bond acceptors (Lipinski definition) is 5. The summed E-state index contributed by atoms with van der Waals surface area (Å²) in [6.45, 7) is -0.425. The van der Waals surface area contributed by atoms with E-state index in [0.717, 1.165) is 4.57 Å². The quantitative estimate of drug-likeness (QED) is 0.789. The van der Waals surface area contributed by atoms with Crippen molar-refractivity contribution in [1.82, 2.24) is 14.5 Å². The summed E-state index contributed by atoms with van der Waals surface area (Å²) in [5, 5.41) is 0.316. The molecule has 1 aliphatic rings. The molecule has 1 aromatic heterocycles. The average molecular weight is 351 g/mol. The van der Waals surface area contributed by atoms with E-state index in [1.54, 1.807) is 24.3 Å². The van der Waals surface area contributed by atoms with Crippen LogP contribution in [0.1, 0.15) is 6.42 Å². The van der Waals surface area contributed by atoms with Gasteiger partial charge in [-0.15, -0.1) is 0 Å². The third kappa shape index (κ3) is 2.99. The molecule has 1 saturated heterocycles. The number of likely N-dealkylation sites (N-methyl/N-ethyl adjacent to an activating group) is 1. The van der Waals surface area contributed by atoms with Gasteiger partial charge in [-0.1, -0.05) is 12.1 Å². The second-order valence-electron chi connectivity index (χ2n) is 5.93. The Morgan fingerprint density at radius 1 is 1.33 bits per heavy atom. The minimum atomic E-state index is -3.12. The lowest BCUT2D eigenvalue weighted by Gasteiger charge is -2.23. The van der Waals surface area contributed by atoms with Crippen molar-refractivity contribution in [2.24, 2.45) is 0 Å². The van der Waals surface area contributed by atoms with Gasteiger partial charge in [-0.25, -0.2) is 13.2 Å². The Morgan fingerprint density at radius 2 is 2.04 bits per heavy atom. The van der Waals surface area contributed by atoms with Crippen molar-refractivity contribution in [3.63, 3.8) is 0 Å². The molecule has 0 unspecified atom stereocenters. The number of hydrogen-bond donors (Lipinski definition) is 1. The first-order valence-corrected chi connectivity index (χ1v) is 9.28. The second-order valence-corrected chi connectivity index (χ2v) is 8.16. The van der Waals surface area contributed by atoms with Crippen molar-refractivity contribution in [3.05, 3.63) is 45.1 Å². The molecule has 1 atom stereocenters. The number of nitrogens with one attached hydrogen (secondary N) is 1. The Morgan fingerprint density at radius 3 is 2.71 bits per heavy atom. The highest BCUT2D eigenvalue weighted by Crippen LogP contribution is 2.16. The molecular weight excluding hydrogens is 334 g/mol. The Balaban J connectivity index is 1.88. The SMILES string of the molecule is CN(C(=O)Cn1c(=O)[nH]c2ccccc2c1=O)[C@H]1CCS(=O)(=O)C1. The van der Waals surface area contributed by atoms with Crippen LogP contribution in [-0.2, 0) is 21.2 Å². The Kier molecular flexibility index (Phi) is 4.04. The largest absolute Gasteiger partial charge is 0.340 e. The molecular formula is C15H17N3O5S. The maximum absolute atomic E-state index is 12.4. The molecule has 9 heteroatoms. The Hall–Kier alpha value is -2.42. The number of rotatable bonds is 3. The molecule has 1 amide bonds. The number of carbonyl (C=O) groups excluding carboxylic acids is 1. The van der Waals surface area contributed by atoms with Gasteiger partial charge in [0.05, 0.1) is 22.4 Å². The number of amides is 1. The van der Waals surface area contributed by atoms with Gasteiger partial charge >= 0.3 is 5.69 Å². The van der Waals surface area contributed by atoms with Gasteiger partial charge in [0.2, 0.25) is 5.91 Å². The molecule has 1 aliphatic heterocycles. The number of nitrogens with zero attached hydrogens (tertiary/aromatic N) is 2. The smallest absolute Gasteiger partial charge is 0.329 e. The number of fused-ring (bicyclic) bond motifs is 1. The first kappa shape index (κ1) is 16.4. The molecule has 1 N–H and O–H groups in total. The minimum absolute atomic E-state index is 0.0474. The predicted molar refractivity (Wildman–Crippen MR) is 88.7 cm³/mol. The fourth-order valence-corrected chi connectivity index (χ4v) is 4.65. The summed E-state index contributed by atoms with van der Waals surface area (Å²) in [7, 11) is -1.63. The maximum Gasteiger partial charge on any atom is 0.329 e. The molecule has 0 spiro atoms. The van der Waals surface area contributed by atoms with Crippen molar-refractivity contribution in [2.75, 3.05) is 18.6 Å². The van der Waals surface area contributed by atoms with Gasteiger partial charge in [0.15, 0.2) is 9.84 Å². The summed E-state index contributed by atoms with van der Waals surface area (Å²) < 4.78 is 23.9. The van der Waals surface area contributed by atoms with Crippen LogP contribution >= 0.6 is 0 Å². The molecule has 2 heterocycles. The Bertz CT molecular complexity index is 1020. The molecule has 0 saturated carbocycles. The van der Waals surface area contributed by atoms with Crippen molar-refractivity contribution in [2.45, 2.75) is 19.0 Å². The lowest BCUT2D eigenvalue weighted by atomic mass is 10.2. The molecule has 0 aliphatic carbocycles. The van der Waals surface area contributed by atoms with Crippen LogP contribution in [0.3, 0.4) is 0 Å². The van der Waals surface area contributed by atoms with Crippen LogP contribution in [0.25, 0.3) is 10.9 Å². The minimum Gasteiger partial charge on any atom is -0.340 e. The van der Waals surface area contributed by atoms with Gasteiger partial charge in [0.25, 0.3) is 5.56 Å². The molecule has 1 aromatic carbocycles. The van der Waals surface area contributed by atoms with E-state index in [4.69, 9.17) is 0 Å². The number of sulfone groups is 1. The monoisotopic (exact) mass is 351 g/mol. The van der Waals surface area contributed by atoms with Crippen LogP contribution in [0.4, 0.5) is 0 Å². The normalized spacial score (nSPS) is 19.5. The molecule has 8 nitrogen and oxygen atoms in total. The lowest BCUT2D eigenvalue weighted by molar-refractivity contribution is -0.132. The summed E-state index contributed by atoms with van der Waals surface area (Å²) >= 11 is 0. The van der Waals surface area contributed by atoms with Crippen LogP contribution in [0.2, 0.25) is 0 Å². The number of aromatic nitrogens is 2. The summed E-state index contributed by atoms with van der Waals surface area (Å²) in [6, 6.07) is 6.13. The van der Waals surface area contributed by atoms with E-state index in [-0.39, 0.29) is 11.5 Å². The third-order valence-electron chi connectivity index (χ3n) is 4.33. The average Bonchev–Trinajstić information content (AvgIpc) is 2.90. The fraction of sp³-hybridized carbons (Fsp3) is 0.400. The first-order chi connectivity index (χ1) is 11.3. The summed E-state index contributed by atoms with van der Waals surface area (Å²) in [5.74, 6) is -0.510. The van der Waals surface area contributed by atoms with Gasteiger partial charge in [-0.2, -0.15) is 0 Å². The number of benzene rings is 1. The molecule has 24 heavy (non-hydrogen) atoms. The van der Waals surface area contributed by atoms with Crippen LogP contribution in [0.15, 0.2) is 33.9 Å². The zero-order valence-corrected chi connectivity index (χ0v) is 13.9. The van der Waals surface area contributed by atoms with E-state index >= 15 is 0 Å². The number of aromatic amines is 1. The molecule has 0 radical (unpaired) electrons. The van der Waals surface area contributed by atoms with E-state index in [1.807, 2.05) is 0 Å². The van der Waals surface area contributed by atoms with Gasteiger partial charge in [-0.05, 0) is 18.6 Å². The summed E-state index contributed by atoms with van der Waals surface area (Å²) in [5.41, 5.74) is -0.805. The highest BCUT2D eigenvalue weighted by Gasteiger charge is 2.32. The fourth-order valence-electron chi connectivity index (χ4n) is 2.87. The van der Waals surface area contributed by atoms with E-state index in [2.05, 4.69) is 4.98 Å².